The number of halogens is 3. The zero-order valence-electron chi connectivity index (χ0n) is 10.2. The number of aromatic nitrogens is 1. The molecule has 3 nitrogen and oxygen atoms in total. The fourth-order valence-corrected chi connectivity index (χ4v) is 2.35. The monoisotopic (exact) mass is 329 g/mol. The lowest BCUT2D eigenvalue weighted by Gasteiger charge is -2.11. The first-order valence-electron chi connectivity index (χ1n) is 5.40. The summed E-state index contributed by atoms with van der Waals surface area (Å²) < 4.78 is 28.9. The highest BCUT2D eigenvalue weighted by Crippen LogP contribution is 2.27. The van der Waals surface area contributed by atoms with Crippen LogP contribution in [0.2, 0.25) is 0 Å². The summed E-state index contributed by atoms with van der Waals surface area (Å²) in [4.78, 5) is 11.0. The predicted molar refractivity (Wildman–Crippen MR) is 69.8 cm³/mol. The maximum atomic E-state index is 13.9. The molecule has 1 heterocycles. The van der Waals surface area contributed by atoms with Crippen LogP contribution in [0.15, 0.2) is 22.7 Å². The number of carboxylic acid groups (broad SMARTS) is 1. The normalized spacial score (nSPS) is 10.8. The zero-order valence-corrected chi connectivity index (χ0v) is 11.8. The number of carbonyl (C=O) groups is 1. The van der Waals surface area contributed by atoms with Gasteiger partial charge in [-0.3, -0.25) is 0 Å². The van der Waals surface area contributed by atoms with Crippen molar-refractivity contribution in [2.75, 3.05) is 0 Å². The van der Waals surface area contributed by atoms with E-state index in [1.165, 1.54) is 10.6 Å². The van der Waals surface area contributed by atoms with Crippen LogP contribution in [0.25, 0.3) is 5.69 Å². The largest absolute Gasteiger partial charge is 0.478 e. The van der Waals surface area contributed by atoms with Gasteiger partial charge in [-0.15, -0.1) is 0 Å². The highest BCUT2D eigenvalue weighted by atomic mass is 79.9. The molecule has 0 spiro atoms. The van der Waals surface area contributed by atoms with Gasteiger partial charge in [-0.1, -0.05) is 0 Å². The Labute approximate surface area is 116 Å². The summed E-state index contributed by atoms with van der Waals surface area (Å²) in [5.74, 6) is -2.34. The number of hydrogen-bond acceptors (Lipinski definition) is 1. The average Bonchev–Trinajstić information content (AvgIpc) is 2.60. The van der Waals surface area contributed by atoms with Crippen LogP contribution in [0.5, 0.6) is 0 Å². The van der Waals surface area contributed by atoms with Crippen molar-refractivity contribution >= 4 is 21.9 Å². The molecule has 2 rings (SSSR count). The molecule has 0 unspecified atom stereocenters. The molecule has 0 radical (unpaired) electrons. The minimum Gasteiger partial charge on any atom is -0.478 e. The second kappa shape index (κ2) is 4.77. The van der Waals surface area contributed by atoms with Gasteiger partial charge in [0.05, 0.1) is 15.7 Å². The van der Waals surface area contributed by atoms with Gasteiger partial charge in [-0.2, -0.15) is 0 Å². The molecule has 6 heteroatoms. The van der Waals surface area contributed by atoms with Gasteiger partial charge in [0.2, 0.25) is 0 Å². The maximum absolute atomic E-state index is 13.9. The molecule has 1 aromatic heterocycles. The standard InChI is InChI=1S/C13H10BrF2NO2/c1-6-3-8(13(18)19)7(2)17(6)12-5-10(15)9(14)4-11(12)16/h3-5H,1-2H3,(H,18,19). The molecule has 1 N–H and O–H groups in total. The van der Waals surface area contributed by atoms with Crippen molar-refractivity contribution in [3.05, 3.63) is 51.3 Å². The van der Waals surface area contributed by atoms with Gasteiger partial charge in [-0.25, -0.2) is 13.6 Å². The first kappa shape index (κ1) is 13.7. The summed E-state index contributed by atoms with van der Waals surface area (Å²) in [6.45, 7) is 3.19. The lowest BCUT2D eigenvalue weighted by atomic mass is 10.2. The zero-order chi connectivity index (χ0) is 14.3. The molecular formula is C13H10BrF2NO2. The van der Waals surface area contributed by atoms with Crippen LogP contribution in [-0.2, 0) is 0 Å². The minimum absolute atomic E-state index is 0.0109. The highest BCUT2D eigenvalue weighted by molar-refractivity contribution is 9.10. The summed E-state index contributed by atoms with van der Waals surface area (Å²) >= 11 is 2.90. The third-order valence-electron chi connectivity index (χ3n) is 2.89. The lowest BCUT2D eigenvalue weighted by molar-refractivity contribution is 0.0696. The van der Waals surface area contributed by atoms with Crippen LogP contribution in [0.4, 0.5) is 8.78 Å². The van der Waals surface area contributed by atoms with E-state index in [9.17, 15) is 13.6 Å². The fourth-order valence-electron chi connectivity index (χ4n) is 2.03. The van der Waals surface area contributed by atoms with Crippen LogP contribution in [0.3, 0.4) is 0 Å². The molecule has 0 aliphatic rings. The van der Waals surface area contributed by atoms with E-state index in [1.807, 2.05) is 0 Å². The second-order valence-corrected chi connectivity index (χ2v) is 5.00. The van der Waals surface area contributed by atoms with Gasteiger partial charge in [0.15, 0.2) is 0 Å². The van der Waals surface area contributed by atoms with Crippen LogP contribution in [-0.4, -0.2) is 15.6 Å². The van der Waals surface area contributed by atoms with Crippen LogP contribution in [0.1, 0.15) is 21.7 Å². The summed E-state index contributed by atoms with van der Waals surface area (Å²) in [6, 6.07) is 3.48. The number of benzene rings is 1. The second-order valence-electron chi connectivity index (χ2n) is 4.14. The van der Waals surface area contributed by atoms with E-state index in [-0.39, 0.29) is 15.7 Å². The molecule has 1 aromatic carbocycles. The first-order valence-corrected chi connectivity index (χ1v) is 6.19. The minimum atomic E-state index is -1.10. The summed E-state index contributed by atoms with van der Waals surface area (Å²) in [7, 11) is 0. The smallest absolute Gasteiger partial charge is 0.337 e. The van der Waals surface area contributed by atoms with Crippen molar-refractivity contribution in [1.29, 1.82) is 0 Å². The van der Waals surface area contributed by atoms with E-state index in [0.29, 0.717) is 11.4 Å². The van der Waals surface area contributed by atoms with E-state index in [1.54, 1.807) is 13.8 Å². The van der Waals surface area contributed by atoms with E-state index >= 15 is 0 Å². The molecule has 0 aliphatic carbocycles. The first-order chi connectivity index (χ1) is 8.82. The Hall–Kier alpha value is -1.69. The summed E-state index contributed by atoms with van der Waals surface area (Å²) in [5.41, 5.74) is 0.935. The molecule has 0 atom stereocenters. The Morgan fingerprint density at radius 2 is 1.84 bits per heavy atom. The van der Waals surface area contributed by atoms with Crippen molar-refractivity contribution in [2.45, 2.75) is 13.8 Å². The molecule has 0 saturated heterocycles. The molecule has 0 saturated carbocycles. The third kappa shape index (κ3) is 2.28. The SMILES string of the molecule is Cc1cc(C(=O)O)c(C)n1-c1cc(F)c(Br)cc1F. The molecular weight excluding hydrogens is 320 g/mol. The molecule has 0 amide bonds. The number of nitrogens with zero attached hydrogens (tertiary/aromatic N) is 1. The van der Waals surface area contributed by atoms with E-state index in [2.05, 4.69) is 15.9 Å². The fraction of sp³-hybridized carbons (Fsp3) is 0.154. The topological polar surface area (TPSA) is 42.2 Å². The van der Waals surface area contributed by atoms with Gasteiger partial charge >= 0.3 is 5.97 Å². The van der Waals surface area contributed by atoms with E-state index in [0.717, 1.165) is 12.1 Å². The molecule has 0 bridgehead atoms. The average molecular weight is 330 g/mol. The quantitative estimate of drug-likeness (QED) is 0.851. The number of aryl methyl sites for hydroxylation is 1. The van der Waals surface area contributed by atoms with Crippen LogP contribution >= 0.6 is 15.9 Å². The number of rotatable bonds is 2. The Morgan fingerprint density at radius 1 is 1.21 bits per heavy atom. The van der Waals surface area contributed by atoms with Crippen molar-refractivity contribution in [2.24, 2.45) is 0 Å². The van der Waals surface area contributed by atoms with Crippen LogP contribution < -0.4 is 0 Å². The molecule has 19 heavy (non-hydrogen) atoms. The summed E-state index contributed by atoms with van der Waals surface area (Å²) in [6.07, 6.45) is 0. The summed E-state index contributed by atoms with van der Waals surface area (Å²) in [5, 5.41) is 9.03. The Balaban J connectivity index is 2.73. The van der Waals surface area contributed by atoms with Gasteiger partial charge in [0.1, 0.15) is 11.6 Å². The third-order valence-corrected chi connectivity index (χ3v) is 3.50. The van der Waals surface area contributed by atoms with Gasteiger partial charge in [0, 0.05) is 17.5 Å². The molecule has 100 valence electrons. The number of carboxylic acids is 1. The van der Waals surface area contributed by atoms with Gasteiger partial charge < -0.3 is 9.67 Å². The predicted octanol–water partition coefficient (Wildman–Crippen LogP) is 3.83. The van der Waals surface area contributed by atoms with E-state index in [4.69, 9.17) is 5.11 Å². The van der Waals surface area contributed by atoms with Crippen molar-refractivity contribution < 1.29 is 18.7 Å². The van der Waals surface area contributed by atoms with Crippen molar-refractivity contribution in [1.82, 2.24) is 4.57 Å². The van der Waals surface area contributed by atoms with Gasteiger partial charge in [-0.05, 0) is 41.9 Å². The van der Waals surface area contributed by atoms with Crippen molar-refractivity contribution in [3.8, 4) is 5.69 Å². The van der Waals surface area contributed by atoms with Gasteiger partial charge in [0.25, 0.3) is 0 Å². The maximum Gasteiger partial charge on any atom is 0.337 e. The molecule has 0 fully saturated rings. The van der Waals surface area contributed by atoms with E-state index < -0.39 is 17.6 Å². The van der Waals surface area contributed by atoms with Crippen LogP contribution in [0, 0.1) is 25.5 Å². The lowest BCUT2D eigenvalue weighted by Crippen LogP contribution is -2.05. The Bertz CT molecular complexity index is 680. The molecule has 2 aromatic rings. The number of aromatic carboxylic acids is 1. The Kier molecular flexibility index (Phi) is 3.45. The number of hydrogen-bond donors (Lipinski definition) is 1. The molecule has 0 aliphatic heterocycles. The Morgan fingerprint density at radius 3 is 2.37 bits per heavy atom. The highest BCUT2D eigenvalue weighted by Gasteiger charge is 2.19. The van der Waals surface area contributed by atoms with Crippen molar-refractivity contribution in [3.63, 3.8) is 0 Å².